The topological polar surface area (TPSA) is 46.5 Å². The molecule has 8 rings (SSSR count). The molecular formula is C40H30N4. The molecule has 0 aliphatic rings. The van der Waals surface area contributed by atoms with Gasteiger partial charge in [0, 0.05) is 45.1 Å². The van der Waals surface area contributed by atoms with E-state index < -0.39 is 0 Å². The van der Waals surface area contributed by atoms with Gasteiger partial charge in [0.2, 0.25) is 0 Å². The quantitative estimate of drug-likeness (QED) is 0.214. The number of fused-ring (bicyclic) bond motifs is 6. The maximum Gasteiger partial charge on any atom is 0.0999 e. The number of aromatic nitrogens is 3. The lowest BCUT2D eigenvalue weighted by Crippen LogP contribution is -2.06. The van der Waals surface area contributed by atoms with Crippen molar-refractivity contribution >= 4 is 43.6 Å². The van der Waals surface area contributed by atoms with Crippen molar-refractivity contribution in [3.05, 3.63) is 137 Å². The second kappa shape index (κ2) is 9.69. The Hall–Kier alpha value is -5.66. The minimum Gasteiger partial charge on any atom is -0.307 e. The fourth-order valence-electron chi connectivity index (χ4n) is 6.78. The summed E-state index contributed by atoms with van der Waals surface area (Å²) in [6.07, 6.45) is 3.61. The van der Waals surface area contributed by atoms with Gasteiger partial charge < -0.3 is 9.13 Å². The van der Waals surface area contributed by atoms with Crippen LogP contribution in [0, 0.1) is 39.0 Å². The molecule has 0 aliphatic carbocycles. The van der Waals surface area contributed by atoms with Crippen LogP contribution in [0.4, 0.5) is 0 Å². The third-order valence-electron chi connectivity index (χ3n) is 8.85. The van der Waals surface area contributed by atoms with Gasteiger partial charge in [0.1, 0.15) is 0 Å². The number of nitriles is 1. The molecule has 4 heteroatoms. The summed E-state index contributed by atoms with van der Waals surface area (Å²) in [6, 6.07) is 37.5. The monoisotopic (exact) mass is 566 g/mol. The first-order valence-corrected chi connectivity index (χ1v) is 14.9. The van der Waals surface area contributed by atoms with E-state index >= 15 is 0 Å². The highest BCUT2D eigenvalue weighted by Crippen LogP contribution is 2.41. The molecule has 0 saturated heterocycles. The van der Waals surface area contributed by atoms with Crippen molar-refractivity contribution in [1.29, 1.82) is 5.26 Å². The highest BCUT2D eigenvalue weighted by atomic mass is 15.1. The molecule has 3 aromatic heterocycles. The standard InChI is InChI=1S/C40H30N4/c1-24-7-11-30-31-12-8-25(2)17-36(31)43(35(30)16-24)39-20-29(22-41)34(28-6-5-15-42-23-28)21-40(39)44-37-18-26(3)9-13-32(37)33-14-10-27(4)19-38(33)44/h5-21,23H,1-4H3. The van der Waals surface area contributed by atoms with Crippen LogP contribution < -0.4 is 0 Å². The van der Waals surface area contributed by atoms with Crippen LogP contribution in [0.1, 0.15) is 27.8 Å². The summed E-state index contributed by atoms with van der Waals surface area (Å²) < 4.78 is 4.75. The summed E-state index contributed by atoms with van der Waals surface area (Å²) in [5, 5.41) is 15.4. The van der Waals surface area contributed by atoms with Gasteiger partial charge in [-0.1, -0.05) is 54.6 Å². The van der Waals surface area contributed by atoms with Gasteiger partial charge in [-0.15, -0.1) is 0 Å². The highest BCUT2D eigenvalue weighted by Gasteiger charge is 2.22. The molecule has 0 amide bonds. The van der Waals surface area contributed by atoms with Gasteiger partial charge in [0.15, 0.2) is 0 Å². The normalized spacial score (nSPS) is 11.6. The zero-order valence-electron chi connectivity index (χ0n) is 25.2. The van der Waals surface area contributed by atoms with Crippen LogP contribution in [0.2, 0.25) is 0 Å². The van der Waals surface area contributed by atoms with E-state index in [9.17, 15) is 5.26 Å². The summed E-state index contributed by atoms with van der Waals surface area (Å²) in [5.41, 5.74) is 13.7. The zero-order valence-corrected chi connectivity index (χ0v) is 25.2. The number of benzene rings is 5. The number of nitrogens with zero attached hydrogens (tertiary/aromatic N) is 4. The van der Waals surface area contributed by atoms with Crippen LogP contribution in [0.3, 0.4) is 0 Å². The Balaban J connectivity index is 1.61. The van der Waals surface area contributed by atoms with Gasteiger partial charge in [0.05, 0.1) is 45.1 Å². The van der Waals surface area contributed by atoms with Crippen LogP contribution in [0.25, 0.3) is 66.1 Å². The van der Waals surface area contributed by atoms with Crippen molar-refractivity contribution in [3.63, 3.8) is 0 Å². The lowest BCUT2D eigenvalue weighted by atomic mass is 9.99. The lowest BCUT2D eigenvalue weighted by Gasteiger charge is -2.20. The Labute approximate surface area is 256 Å². The Morgan fingerprint density at radius 1 is 0.545 bits per heavy atom. The first-order valence-electron chi connectivity index (χ1n) is 14.9. The third kappa shape index (κ3) is 3.87. The summed E-state index contributed by atoms with van der Waals surface area (Å²) >= 11 is 0. The Morgan fingerprint density at radius 3 is 1.36 bits per heavy atom. The molecule has 0 radical (unpaired) electrons. The molecule has 3 heterocycles. The number of hydrogen-bond donors (Lipinski definition) is 0. The Morgan fingerprint density at radius 2 is 0.977 bits per heavy atom. The molecule has 0 bridgehead atoms. The van der Waals surface area contributed by atoms with Crippen molar-refractivity contribution in [3.8, 4) is 28.6 Å². The summed E-state index contributed by atoms with van der Waals surface area (Å²) in [4.78, 5) is 4.40. The van der Waals surface area contributed by atoms with E-state index in [-0.39, 0.29) is 0 Å². The van der Waals surface area contributed by atoms with E-state index in [2.05, 4.69) is 133 Å². The minimum absolute atomic E-state index is 0.611. The number of pyridine rings is 1. The van der Waals surface area contributed by atoms with Crippen molar-refractivity contribution in [1.82, 2.24) is 14.1 Å². The van der Waals surface area contributed by atoms with Gasteiger partial charge in [-0.3, -0.25) is 4.98 Å². The van der Waals surface area contributed by atoms with E-state index in [1.54, 1.807) is 6.20 Å². The van der Waals surface area contributed by atoms with Gasteiger partial charge in [0.25, 0.3) is 0 Å². The van der Waals surface area contributed by atoms with Crippen LogP contribution in [-0.4, -0.2) is 14.1 Å². The molecule has 0 atom stereocenters. The highest BCUT2D eigenvalue weighted by molar-refractivity contribution is 6.12. The average molecular weight is 567 g/mol. The van der Waals surface area contributed by atoms with E-state index in [0.717, 1.165) is 44.6 Å². The number of rotatable bonds is 3. The molecule has 8 aromatic rings. The Kier molecular flexibility index (Phi) is 5.73. The first-order chi connectivity index (χ1) is 21.4. The van der Waals surface area contributed by atoms with Crippen molar-refractivity contribution in [2.75, 3.05) is 0 Å². The minimum atomic E-state index is 0.611. The fraction of sp³-hybridized carbons (Fsp3) is 0.100. The third-order valence-corrected chi connectivity index (χ3v) is 8.85. The predicted molar refractivity (Wildman–Crippen MR) is 182 cm³/mol. The van der Waals surface area contributed by atoms with Gasteiger partial charge in [-0.05, 0) is 92.4 Å². The molecule has 44 heavy (non-hydrogen) atoms. The summed E-state index contributed by atoms with van der Waals surface area (Å²) in [5.74, 6) is 0. The zero-order chi connectivity index (χ0) is 30.1. The number of aryl methyl sites for hydroxylation is 4. The molecule has 0 unspecified atom stereocenters. The predicted octanol–water partition coefficient (Wildman–Crippen LogP) is 10.0. The molecule has 5 aromatic carbocycles. The molecule has 4 nitrogen and oxygen atoms in total. The molecule has 0 spiro atoms. The molecular weight excluding hydrogens is 536 g/mol. The largest absolute Gasteiger partial charge is 0.307 e. The molecule has 0 aliphatic heterocycles. The Bertz CT molecular complexity index is 2370. The first kappa shape index (κ1) is 26.0. The fourth-order valence-corrected chi connectivity index (χ4v) is 6.78. The molecule has 0 fully saturated rings. The molecule has 0 saturated carbocycles. The van der Waals surface area contributed by atoms with Gasteiger partial charge >= 0.3 is 0 Å². The second-order valence-corrected chi connectivity index (χ2v) is 12.0. The maximum atomic E-state index is 10.6. The van der Waals surface area contributed by atoms with E-state index in [0.29, 0.717) is 5.56 Å². The van der Waals surface area contributed by atoms with Crippen LogP contribution in [-0.2, 0) is 0 Å². The summed E-state index contributed by atoms with van der Waals surface area (Å²) in [6.45, 7) is 8.56. The molecule has 210 valence electrons. The van der Waals surface area contributed by atoms with Crippen molar-refractivity contribution in [2.24, 2.45) is 0 Å². The summed E-state index contributed by atoms with van der Waals surface area (Å²) in [7, 11) is 0. The lowest BCUT2D eigenvalue weighted by molar-refractivity contribution is 1.09. The molecule has 0 N–H and O–H groups in total. The second-order valence-electron chi connectivity index (χ2n) is 12.0. The average Bonchev–Trinajstić information content (AvgIpc) is 3.51. The SMILES string of the molecule is Cc1ccc2c3ccc(C)cc3n(-c3cc(C#N)c(-c4cccnc4)cc3-n3c4cc(C)ccc4c4ccc(C)cc43)c2c1. The van der Waals surface area contributed by atoms with Gasteiger partial charge in [-0.2, -0.15) is 5.26 Å². The number of hydrogen-bond acceptors (Lipinski definition) is 2. The van der Waals surface area contributed by atoms with Crippen LogP contribution in [0.5, 0.6) is 0 Å². The van der Waals surface area contributed by atoms with Crippen LogP contribution >= 0.6 is 0 Å². The van der Waals surface area contributed by atoms with Gasteiger partial charge in [-0.25, -0.2) is 0 Å². The van der Waals surface area contributed by atoms with E-state index in [1.165, 1.54) is 43.8 Å². The smallest absolute Gasteiger partial charge is 0.0999 e. The van der Waals surface area contributed by atoms with Crippen molar-refractivity contribution < 1.29 is 0 Å². The van der Waals surface area contributed by atoms with Crippen LogP contribution in [0.15, 0.2) is 109 Å². The maximum absolute atomic E-state index is 10.6. The van der Waals surface area contributed by atoms with E-state index in [1.807, 2.05) is 18.3 Å². The van der Waals surface area contributed by atoms with E-state index in [4.69, 9.17) is 0 Å². The van der Waals surface area contributed by atoms with Crippen molar-refractivity contribution in [2.45, 2.75) is 27.7 Å².